The van der Waals surface area contributed by atoms with Crippen molar-refractivity contribution in [3.8, 4) is 0 Å². The molecule has 1 aliphatic rings. The summed E-state index contributed by atoms with van der Waals surface area (Å²) in [5, 5.41) is 0. The monoisotopic (exact) mass is 245 g/mol. The van der Waals surface area contributed by atoms with E-state index in [9.17, 15) is 0 Å². The molecule has 0 radical (unpaired) electrons. The Labute approximate surface area is 111 Å². The minimum atomic E-state index is 0.452. The molecule has 2 nitrogen and oxygen atoms in total. The first-order valence-corrected chi connectivity index (χ1v) is 6.75. The van der Waals surface area contributed by atoms with E-state index in [1.165, 1.54) is 39.4 Å². The topological polar surface area (TPSA) is 7.94 Å². The quantitative estimate of drug-likeness (QED) is 0.667. The summed E-state index contributed by atoms with van der Waals surface area (Å²) in [4.78, 5) is 0. The molecular formula is C16H25N2+. The van der Waals surface area contributed by atoms with Gasteiger partial charge in [0.2, 0.25) is 11.8 Å². The molecule has 2 heteroatoms. The maximum absolute atomic E-state index is 2.44. The smallest absolute Gasteiger partial charge is 0.129 e. The van der Waals surface area contributed by atoms with E-state index in [0.29, 0.717) is 6.04 Å². The normalized spacial score (nSPS) is 20.3. The van der Waals surface area contributed by atoms with E-state index in [-0.39, 0.29) is 0 Å². The van der Waals surface area contributed by atoms with Gasteiger partial charge in [-0.3, -0.25) is 0 Å². The molecule has 0 aliphatic carbocycles. The predicted molar refractivity (Wildman–Crippen MR) is 77.6 cm³/mol. The minimum Gasteiger partial charge on any atom is -0.129 e. The van der Waals surface area contributed by atoms with Gasteiger partial charge in [0.15, 0.2) is 0 Å². The number of hydrogen-bond acceptors (Lipinski definition) is 0. The highest BCUT2D eigenvalue weighted by molar-refractivity contribution is 5.96. The molecule has 1 atom stereocenters. The summed E-state index contributed by atoms with van der Waals surface area (Å²) in [6.07, 6.45) is 0. The first-order chi connectivity index (χ1) is 8.29. The molecule has 98 valence electrons. The maximum atomic E-state index is 2.44. The van der Waals surface area contributed by atoms with Crippen LogP contribution in [0.3, 0.4) is 0 Å². The molecule has 18 heavy (non-hydrogen) atoms. The fraction of sp³-hybridized carbons (Fsp3) is 0.562. The van der Waals surface area contributed by atoms with Gasteiger partial charge < -0.3 is 0 Å². The Kier molecular flexibility index (Phi) is 3.00. The first kappa shape index (κ1) is 13.1. The molecule has 0 saturated carbocycles. The van der Waals surface area contributed by atoms with Crippen LogP contribution in [0, 0.1) is 27.7 Å². The molecule has 1 aliphatic heterocycles. The van der Waals surface area contributed by atoms with Gasteiger partial charge in [-0.2, -0.15) is 0 Å². The van der Waals surface area contributed by atoms with Crippen LogP contribution in [-0.4, -0.2) is 21.1 Å². The average Bonchev–Trinajstić information content (AvgIpc) is 2.64. The lowest BCUT2D eigenvalue weighted by atomic mass is 10.1. The third-order valence-electron chi connectivity index (χ3n) is 4.97. The number of nitrogens with zero attached hydrogens (tertiary/aromatic N) is 2. The highest BCUT2D eigenvalue weighted by Crippen LogP contribution is 2.26. The van der Waals surface area contributed by atoms with Crippen LogP contribution in [0.5, 0.6) is 0 Å². The zero-order valence-corrected chi connectivity index (χ0v) is 13.0. The summed E-state index contributed by atoms with van der Waals surface area (Å²) in [6.45, 7) is 17.9. The van der Waals surface area contributed by atoms with Gasteiger partial charge in [-0.05, 0) is 52.7 Å². The Balaban J connectivity index is 2.70. The van der Waals surface area contributed by atoms with E-state index < -0.39 is 0 Å². The van der Waals surface area contributed by atoms with Crippen molar-refractivity contribution in [2.24, 2.45) is 0 Å². The molecular weight excluding hydrogens is 220 g/mol. The van der Waals surface area contributed by atoms with Gasteiger partial charge in [-0.15, -0.1) is 9.36 Å². The van der Waals surface area contributed by atoms with Gasteiger partial charge in [0.05, 0.1) is 11.4 Å². The minimum absolute atomic E-state index is 0.452. The van der Waals surface area contributed by atoms with E-state index >= 15 is 0 Å². The Hall–Kier alpha value is -1.31. The SMILES string of the molecule is CC1=C(C)[C@@H](C)[N+](n2c(C)c(C)c(C)c2C)=C1C. The lowest BCUT2D eigenvalue weighted by Gasteiger charge is -2.12. The Bertz CT molecular complexity index is 557. The van der Waals surface area contributed by atoms with Gasteiger partial charge in [-0.1, -0.05) is 0 Å². The van der Waals surface area contributed by atoms with Gasteiger partial charge >= 0.3 is 0 Å². The third-order valence-corrected chi connectivity index (χ3v) is 4.97. The standard InChI is InChI=1S/C16H25N2/c1-9-10(2)14(6)17(13(9)5)18-15(7)11(3)12(4)16(18)8/h13H,1-8H3/q+1/t13-/m1/s1. The number of allylic oxidation sites excluding steroid dienone is 1. The largest absolute Gasteiger partial charge is 0.207 e. The fourth-order valence-electron chi connectivity index (χ4n) is 3.00. The van der Waals surface area contributed by atoms with Crippen molar-refractivity contribution < 1.29 is 4.68 Å². The van der Waals surface area contributed by atoms with Gasteiger partial charge in [0.1, 0.15) is 0 Å². The maximum Gasteiger partial charge on any atom is 0.207 e. The molecule has 0 saturated heterocycles. The second-order valence-corrected chi connectivity index (χ2v) is 5.65. The van der Waals surface area contributed by atoms with Crippen LogP contribution in [0.4, 0.5) is 0 Å². The zero-order chi connectivity index (χ0) is 13.8. The molecule has 2 heterocycles. The van der Waals surface area contributed by atoms with E-state index in [1.54, 1.807) is 0 Å². The molecule has 0 N–H and O–H groups in total. The van der Waals surface area contributed by atoms with Crippen LogP contribution in [0.1, 0.15) is 50.2 Å². The lowest BCUT2D eigenvalue weighted by molar-refractivity contribution is -0.607. The third kappa shape index (κ3) is 1.51. The predicted octanol–water partition coefficient (Wildman–Crippen LogP) is 3.70. The highest BCUT2D eigenvalue weighted by Gasteiger charge is 2.35. The van der Waals surface area contributed by atoms with Crippen LogP contribution >= 0.6 is 0 Å². The van der Waals surface area contributed by atoms with Gasteiger partial charge in [-0.25, -0.2) is 0 Å². The fourth-order valence-corrected chi connectivity index (χ4v) is 3.00. The molecule has 1 aromatic rings. The molecule has 0 fully saturated rings. The molecule has 2 rings (SSSR count). The second kappa shape index (κ2) is 4.11. The van der Waals surface area contributed by atoms with Crippen molar-refractivity contribution in [3.63, 3.8) is 0 Å². The summed E-state index contributed by atoms with van der Waals surface area (Å²) in [5.41, 5.74) is 9.84. The molecule has 1 aromatic heterocycles. The van der Waals surface area contributed by atoms with Crippen LogP contribution < -0.4 is 0 Å². The molecule has 0 amide bonds. The van der Waals surface area contributed by atoms with Crippen LogP contribution in [0.2, 0.25) is 0 Å². The van der Waals surface area contributed by atoms with Gasteiger partial charge in [0.25, 0.3) is 0 Å². The summed E-state index contributed by atoms with van der Waals surface area (Å²) in [5.74, 6) is 0. The van der Waals surface area contributed by atoms with Crippen LogP contribution in [-0.2, 0) is 0 Å². The van der Waals surface area contributed by atoms with E-state index in [4.69, 9.17) is 0 Å². The van der Waals surface area contributed by atoms with Gasteiger partial charge in [0, 0.05) is 25.0 Å². The summed E-state index contributed by atoms with van der Waals surface area (Å²) in [7, 11) is 0. The lowest BCUT2D eigenvalue weighted by Crippen LogP contribution is -2.31. The second-order valence-electron chi connectivity index (χ2n) is 5.65. The van der Waals surface area contributed by atoms with Crippen molar-refractivity contribution in [2.45, 2.75) is 61.4 Å². The number of rotatable bonds is 1. The first-order valence-electron chi connectivity index (χ1n) is 6.75. The molecule has 0 bridgehead atoms. The molecule has 0 aromatic carbocycles. The number of hydrogen-bond donors (Lipinski definition) is 0. The Morgan fingerprint density at radius 2 is 1.28 bits per heavy atom. The molecule has 0 unspecified atom stereocenters. The summed E-state index contributed by atoms with van der Waals surface area (Å²) in [6, 6.07) is 0.452. The van der Waals surface area contributed by atoms with E-state index in [1.807, 2.05) is 0 Å². The van der Waals surface area contributed by atoms with E-state index in [2.05, 4.69) is 64.8 Å². The van der Waals surface area contributed by atoms with Crippen molar-refractivity contribution >= 4 is 5.71 Å². The summed E-state index contributed by atoms with van der Waals surface area (Å²) >= 11 is 0. The molecule has 0 spiro atoms. The van der Waals surface area contributed by atoms with Crippen LogP contribution in [0.15, 0.2) is 11.1 Å². The van der Waals surface area contributed by atoms with Crippen molar-refractivity contribution in [1.29, 1.82) is 0 Å². The van der Waals surface area contributed by atoms with Crippen molar-refractivity contribution in [3.05, 3.63) is 33.7 Å². The number of aromatic nitrogens is 1. The van der Waals surface area contributed by atoms with Crippen LogP contribution in [0.25, 0.3) is 0 Å². The average molecular weight is 245 g/mol. The van der Waals surface area contributed by atoms with Crippen molar-refractivity contribution in [1.82, 2.24) is 4.68 Å². The highest BCUT2D eigenvalue weighted by atomic mass is 15.5. The van der Waals surface area contributed by atoms with Crippen molar-refractivity contribution in [2.75, 3.05) is 0 Å². The zero-order valence-electron chi connectivity index (χ0n) is 13.0. The Morgan fingerprint density at radius 3 is 1.61 bits per heavy atom. The Morgan fingerprint density at radius 1 is 0.833 bits per heavy atom. The van der Waals surface area contributed by atoms with E-state index in [0.717, 1.165) is 0 Å². The summed E-state index contributed by atoms with van der Waals surface area (Å²) < 4.78 is 4.83.